The lowest BCUT2D eigenvalue weighted by molar-refractivity contribution is -0.139. The van der Waals surface area contributed by atoms with Crippen molar-refractivity contribution < 1.29 is 4.79 Å². The van der Waals surface area contributed by atoms with Crippen molar-refractivity contribution in [3.8, 4) is 0 Å². The van der Waals surface area contributed by atoms with Gasteiger partial charge in [0, 0.05) is 11.0 Å². The van der Waals surface area contributed by atoms with Crippen molar-refractivity contribution in [2.75, 3.05) is 13.6 Å². The first-order valence-corrected chi connectivity index (χ1v) is 7.88. The van der Waals surface area contributed by atoms with Crippen LogP contribution in [-0.4, -0.2) is 29.9 Å². The third-order valence-electron chi connectivity index (χ3n) is 3.71. The number of hydrogen-bond donors (Lipinski definition) is 1. The van der Waals surface area contributed by atoms with Crippen molar-refractivity contribution in [3.05, 3.63) is 34.3 Å². The number of halogens is 1. The molecule has 0 spiro atoms. The molecule has 1 rings (SSSR count). The van der Waals surface area contributed by atoms with Crippen LogP contribution in [0, 0.1) is 0 Å². The van der Waals surface area contributed by atoms with Gasteiger partial charge in [-0.1, -0.05) is 41.1 Å². The van der Waals surface area contributed by atoms with Crippen molar-refractivity contribution in [2.45, 2.75) is 45.7 Å². The van der Waals surface area contributed by atoms with Gasteiger partial charge in [0.15, 0.2) is 0 Å². The van der Waals surface area contributed by atoms with Crippen LogP contribution in [0.15, 0.2) is 28.7 Å². The fourth-order valence-electron chi connectivity index (χ4n) is 2.16. The summed E-state index contributed by atoms with van der Waals surface area (Å²) in [4.78, 5) is 14.7. The number of likely N-dealkylation sites (N-methyl/N-ethyl adjacent to an activating group) is 1. The van der Waals surface area contributed by atoms with Crippen LogP contribution in [-0.2, 0) is 4.79 Å². The van der Waals surface area contributed by atoms with E-state index in [2.05, 4.69) is 41.2 Å². The zero-order chi connectivity index (χ0) is 15.3. The first-order valence-electron chi connectivity index (χ1n) is 7.09. The van der Waals surface area contributed by atoms with E-state index < -0.39 is 5.54 Å². The van der Waals surface area contributed by atoms with Gasteiger partial charge < -0.3 is 10.2 Å². The summed E-state index contributed by atoms with van der Waals surface area (Å²) in [6, 6.07) is 8.13. The number of hydrogen-bond acceptors (Lipinski definition) is 2. The third kappa shape index (κ3) is 3.83. The van der Waals surface area contributed by atoms with Gasteiger partial charge in [-0.15, -0.1) is 0 Å². The van der Waals surface area contributed by atoms with Gasteiger partial charge in [-0.05, 0) is 45.9 Å². The summed E-state index contributed by atoms with van der Waals surface area (Å²) in [7, 11) is 1.82. The van der Waals surface area contributed by atoms with Crippen LogP contribution in [0.2, 0.25) is 0 Å². The second kappa shape index (κ2) is 7.23. The molecule has 0 aliphatic rings. The van der Waals surface area contributed by atoms with Crippen molar-refractivity contribution in [1.82, 2.24) is 10.2 Å². The summed E-state index contributed by atoms with van der Waals surface area (Å²) >= 11 is 3.58. The average Bonchev–Trinajstić information content (AvgIpc) is 2.43. The molecule has 0 heterocycles. The fourth-order valence-corrected chi connectivity index (χ4v) is 2.78. The van der Waals surface area contributed by atoms with Gasteiger partial charge >= 0.3 is 0 Å². The monoisotopic (exact) mass is 340 g/mol. The summed E-state index contributed by atoms with van der Waals surface area (Å²) in [6.45, 7) is 8.78. The van der Waals surface area contributed by atoms with Gasteiger partial charge in [0.2, 0.25) is 5.91 Å². The summed E-state index contributed by atoms with van der Waals surface area (Å²) in [5, 5.41) is 3.10. The Morgan fingerprint density at radius 2 is 2.00 bits per heavy atom. The topological polar surface area (TPSA) is 32.3 Å². The first-order chi connectivity index (χ1) is 9.35. The molecule has 20 heavy (non-hydrogen) atoms. The van der Waals surface area contributed by atoms with E-state index in [1.165, 1.54) is 0 Å². The molecule has 0 fully saturated rings. The molecule has 0 bridgehead atoms. The number of nitrogens with zero attached hydrogens (tertiary/aromatic N) is 1. The van der Waals surface area contributed by atoms with Crippen molar-refractivity contribution in [1.29, 1.82) is 0 Å². The minimum Gasteiger partial charge on any atom is -0.334 e. The molecule has 0 aliphatic carbocycles. The molecule has 0 saturated carbocycles. The molecule has 3 nitrogen and oxygen atoms in total. The maximum atomic E-state index is 12.8. The second-order valence-corrected chi connectivity index (χ2v) is 6.43. The lowest BCUT2D eigenvalue weighted by Gasteiger charge is -2.36. The predicted molar refractivity (Wildman–Crippen MR) is 87.7 cm³/mol. The minimum absolute atomic E-state index is 0.0469. The zero-order valence-electron chi connectivity index (χ0n) is 13.0. The van der Waals surface area contributed by atoms with Gasteiger partial charge in [-0.2, -0.15) is 0 Å². The van der Waals surface area contributed by atoms with Crippen LogP contribution in [0.25, 0.3) is 0 Å². The molecular weight excluding hydrogens is 316 g/mol. The van der Waals surface area contributed by atoms with Gasteiger partial charge in [0.05, 0.1) is 11.6 Å². The molecule has 0 saturated heterocycles. The van der Waals surface area contributed by atoms with E-state index in [0.29, 0.717) is 0 Å². The van der Waals surface area contributed by atoms with Crippen LogP contribution >= 0.6 is 15.9 Å². The molecule has 1 N–H and O–H groups in total. The second-order valence-electron chi connectivity index (χ2n) is 5.57. The molecule has 1 aromatic carbocycles. The third-order valence-corrected chi connectivity index (χ3v) is 4.43. The Balaban J connectivity index is 3.08. The highest BCUT2D eigenvalue weighted by atomic mass is 79.9. The molecular formula is C16H25BrN2O. The standard InChI is InChI=1S/C16H25BrN2O/c1-6-11-19(15(20)16(3,4)18-5)12(2)13-9-7-8-10-14(13)17/h7-10,12,18H,6,11H2,1-5H3. The van der Waals surface area contributed by atoms with E-state index >= 15 is 0 Å². The predicted octanol–water partition coefficient (Wildman–Crippen LogP) is 3.75. The molecule has 4 heteroatoms. The largest absolute Gasteiger partial charge is 0.334 e. The maximum Gasteiger partial charge on any atom is 0.242 e. The van der Waals surface area contributed by atoms with Crippen molar-refractivity contribution in [3.63, 3.8) is 0 Å². The molecule has 0 aliphatic heterocycles. The summed E-state index contributed by atoms with van der Waals surface area (Å²) < 4.78 is 1.05. The Morgan fingerprint density at radius 1 is 1.40 bits per heavy atom. The average molecular weight is 341 g/mol. The van der Waals surface area contributed by atoms with Crippen LogP contribution in [0.1, 0.15) is 45.7 Å². The summed E-state index contributed by atoms with van der Waals surface area (Å²) in [6.07, 6.45) is 0.945. The van der Waals surface area contributed by atoms with E-state index in [1.54, 1.807) is 0 Å². The Labute approximate surface area is 130 Å². The maximum absolute atomic E-state index is 12.8. The molecule has 0 aromatic heterocycles. The Bertz CT molecular complexity index is 460. The van der Waals surface area contributed by atoms with Crippen LogP contribution < -0.4 is 5.32 Å². The molecule has 1 amide bonds. The molecule has 0 radical (unpaired) electrons. The van der Waals surface area contributed by atoms with Crippen LogP contribution in [0.5, 0.6) is 0 Å². The Hall–Kier alpha value is -0.870. The SMILES string of the molecule is CCCN(C(=O)C(C)(C)NC)C(C)c1ccccc1Br. The minimum atomic E-state index is -0.551. The smallest absolute Gasteiger partial charge is 0.242 e. The number of rotatable bonds is 6. The number of carbonyl (C=O) groups excluding carboxylic acids is 1. The lowest BCUT2D eigenvalue weighted by Crippen LogP contribution is -2.53. The van der Waals surface area contributed by atoms with E-state index in [9.17, 15) is 4.79 Å². The van der Waals surface area contributed by atoms with Crippen molar-refractivity contribution >= 4 is 21.8 Å². The Morgan fingerprint density at radius 3 is 2.50 bits per heavy atom. The summed E-state index contributed by atoms with van der Waals surface area (Å²) in [5.74, 6) is 0.130. The van der Waals surface area contributed by atoms with Crippen LogP contribution in [0.3, 0.4) is 0 Å². The normalized spacial score (nSPS) is 13.1. The van der Waals surface area contributed by atoms with Gasteiger partial charge in [-0.25, -0.2) is 0 Å². The van der Waals surface area contributed by atoms with E-state index in [4.69, 9.17) is 0 Å². The van der Waals surface area contributed by atoms with Crippen molar-refractivity contribution in [2.24, 2.45) is 0 Å². The summed E-state index contributed by atoms with van der Waals surface area (Å²) in [5.41, 5.74) is 0.589. The van der Waals surface area contributed by atoms with Crippen LogP contribution in [0.4, 0.5) is 0 Å². The zero-order valence-corrected chi connectivity index (χ0v) is 14.6. The molecule has 1 aromatic rings. The molecule has 1 atom stereocenters. The van der Waals surface area contributed by atoms with E-state index in [1.807, 2.05) is 44.0 Å². The highest BCUT2D eigenvalue weighted by Gasteiger charge is 2.33. The lowest BCUT2D eigenvalue weighted by atomic mass is 10.00. The quantitative estimate of drug-likeness (QED) is 0.855. The Kier molecular flexibility index (Phi) is 6.21. The van der Waals surface area contributed by atoms with E-state index in [-0.39, 0.29) is 11.9 Å². The molecule has 112 valence electrons. The number of carbonyl (C=O) groups is 1. The van der Waals surface area contributed by atoms with Gasteiger partial charge in [0.1, 0.15) is 0 Å². The van der Waals surface area contributed by atoms with E-state index in [0.717, 1.165) is 23.0 Å². The number of nitrogens with one attached hydrogen (secondary N) is 1. The molecule has 1 unspecified atom stereocenters. The number of benzene rings is 1. The number of amides is 1. The highest BCUT2D eigenvalue weighted by molar-refractivity contribution is 9.10. The fraction of sp³-hybridized carbons (Fsp3) is 0.562. The van der Waals surface area contributed by atoms with Gasteiger partial charge in [0.25, 0.3) is 0 Å². The first kappa shape index (κ1) is 17.2. The van der Waals surface area contributed by atoms with Gasteiger partial charge in [-0.3, -0.25) is 4.79 Å². The highest BCUT2D eigenvalue weighted by Crippen LogP contribution is 2.29.